The monoisotopic (exact) mass is 351 g/mol. The van der Waals surface area contributed by atoms with Gasteiger partial charge in [0, 0.05) is 0 Å². The first-order chi connectivity index (χ1) is 12.7. The summed E-state index contributed by atoms with van der Waals surface area (Å²) in [5.74, 6) is 0.205. The van der Waals surface area contributed by atoms with Crippen LogP contribution in [-0.4, -0.2) is 31.2 Å². The highest BCUT2D eigenvalue weighted by Crippen LogP contribution is 2.26. The minimum Gasteiger partial charge on any atom is -0.480 e. The topological polar surface area (TPSA) is 99.1 Å². The highest BCUT2D eigenvalue weighted by molar-refractivity contribution is 5.83. The zero-order valence-electron chi connectivity index (χ0n) is 14.4. The second kappa shape index (κ2) is 7.03. The van der Waals surface area contributed by atoms with Crippen molar-refractivity contribution in [1.82, 2.24) is 19.5 Å². The Morgan fingerprint density at radius 3 is 2.88 bits per heavy atom. The molecule has 1 aliphatic rings. The molecule has 0 amide bonds. The maximum Gasteiger partial charge on any atom is 0.320 e. The van der Waals surface area contributed by atoms with Gasteiger partial charge in [-0.05, 0) is 36.8 Å². The minimum absolute atomic E-state index is 0.135. The SMILES string of the molecule is Nc1nc2nc3c1nc(O)n3Cc1cccc(c1)C/C=C/CCCCO2. The third-order valence-corrected chi connectivity index (χ3v) is 4.43. The van der Waals surface area contributed by atoms with Crippen LogP contribution in [0.4, 0.5) is 5.82 Å². The summed E-state index contributed by atoms with van der Waals surface area (Å²) in [6.07, 6.45) is 8.26. The molecule has 3 N–H and O–H groups in total. The molecule has 0 saturated heterocycles. The molecule has 0 unspecified atom stereocenters. The third-order valence-electron chi connectivity index (χ3n) is 4.43. The quantitative estimate of drug-likeness (QED) is 0.604. The first-order valence-corrected chi connectivity index (χ1v) is 8.79. The number of fused-ring (bicyclic) bond motifs is 3. The molecule has 0 atom stereocenters. The first-order valence-electron chi connectivity index (χ1n) is 8.79. The van der Waals surface area contributed by atoms with E-state index in [-0.39, 0.29) is 17.8 Å². The molecule has 0 saturated carbocycles. The summed E-state index contributed by atoms with van der Waals surface area (Å²) in [6.45, 7) is 0.966. The lowest BCUT2D eigenvalue weighted by molar-refractivity contribution is 0.285. The molecule has 3 aromatic rings. The van der Waals surface area contributed by atoms with E-state index in [1.807, 2.05) is 12.1 Å². The molecule has 4 rings (SSSR count). The molecule has 7 heteroatoms. The van der Waals surface area contributed by atoms with E-state index in [1.165, 1.54) is 5.56 Å². The van der Waals surface area contributed by atoms with E-state index in [2.05, 4.69) is 39.2 Å². The van der Waals surface area contributed by atoms with Crippen LogP contribution < -0.4 is 10.5 Å². The van der Waals surface area contributed by atoms with Gasteiger partial charge in [-0.25, -0.2) is 0 Å². The van der Waals surface area contributed by atoms with Gasteiger partial charge in [-0.2, -0.15) is 15.0 Å². The molecular weight excluding hydrogens is 330 g/mol. The van der Waals surface area contributed by atoms with Gasteiger partial charge in [0.1, 0.15) is 0 Å². The van der Waals surface area contributed by atoms with Gasteiger partial charge in [0.05, 0.1) is 13.2 Å². The van der Waals surface area contributed by atoms with Crippen LogP contribution in [0.15, 0.2) is 36.4 Å². The highest BCUT2D eigenvalue weighted by Gasteiger charge is 2.17. The number of nitrogen functional groups attached to an aromatic ring is 1. The Balaban J connectivity index is 1.79. The Hall–Kier alpha value is -3.09. The number of anilines is 1. The van der Waals surface area contributed by atoms with Crippen LogP contribution in [0, 0.1) is 0 Å². The molecule has 0 spiro atoms. The maximum atomic E-state index is 10.3. The van der Waals surface area contributed by atoms with Crippen LogP contribution in [-0.2, 0) is 13.0 Å². The van der Waals surface area contributed by atoms with E-state index in [4.69, 9.17) is 10.5 Å². The van der Waals surface area contributed by atoms with Crippen LogP contribution in [0.5, 0.6) is 12.0 Å². The van der Waals surface area contributed by atoms with Crippen LogP contribution in [0.25, 0.3) is 11.2 Å². The zero-order valence-corrected chi connectivity index (χ0v) is 14.4. The minimum atomic E-state index is -0.135. The van der Waals surface area contributed by atoms with E-state index in [0.29, 0.717) is 24.3 Å². The second-order valence-electron chi connectivity index (χ2n) is 6.40. The standard InChI is InChI=1S/C19H21N5O2/c20-16-15-17-23-18(22-16)26-10-5-3-1-2-4-7-13-8-6-9-14(11-13)12-24(17)19(25)21-15/h2,4,6,8-9,11H,1,3,5,7,10,12H2,(H,21,25)(H2,20,22,23)/b4-2+. The van der Waals surface area contributed by atoms with Gasteiger partial charge in [0.2, 0.25) is 0 Å². The lowest BCUT2D eigenvalue weighted by atomic mass is 10.1. The smallest absolute Gasteiger partial charge is 0.320 e. The summed E-state index contributed by atoms with van der Waals surface area (Å²) in [6, 6.07) is 8.36. The molecule has 3 heterocycles. The molecule has 1 aliphatic heterocycles. The Labute approximate surface area is 151 Å². The molecule has 1 aromatic carbocycles. The number of benzene rings is 1. The average molecular weight is 351 g/mol. The van der Waals surface area contributed by atoms with Gasteiger partial charge in [-0.15, -0.1) is 0 Å². The van der Waals surface area contributed by atoms with Crippen molar-refractivity contribution in [2.75, 3.05) is 12.3 Å². The van der Waals surface area contributed by atoms with Gasteiger partial charge < -0.3 is 15.6 Å². The normalized spacial score (nSPS) is 16.5. The summed E-state index contributed by atoms with van der Waals surface area (Å²) < 4.78 is 7.28. The number of ether oxygens (including phenoxy) is 1. The van der Waals surface area contributed by atoms with Gasteiger partial charge in [0.25, 0.3) is 6.01 Å². The van der Waals surface area contributed by atoms with E-state index in [9.17, 15) is 5.11 Å². The van der Waals surface area contributed by atoms with Crippen LogP contribution in [0.3, 0.4) is 0 Å². The molecule has 0 radical (unpaired) electrons. The van der Waals surface area contributed by atoms with Crippen LogP contribution in [0.2, 0.25) is 0 Å². The summed E-state index contributed by atoms with van der Waals surface area (Å²) in [4.78, 5) is 12.7. The van der Waals surface area contributed by atoms with E-state index in [1.54, 1.807) is 4.57 Å². The van der Waals surface area contributed by atoms with Crippen molar-refractivity contribution in [2.45, 2.75) is 32.2 Å². The predicted octanol–water partition coefficient (Wildman–Crippen LogP) is 2.82. The van der Waals surface area contributed by atoms with Crippen LogP contribution in [0.1, 0.15) is 30.4 Å². The lowest BCUT2D eigenvalue weighted by Gasteiger charge is -2.09. The molecule has 4 bridgehead atoms. The number of aromatic nitrogens is 4. The number of aromatic hydroxyl groups is 1. The number of hydrogen-bond acceptors (Lipinski definition) is 6. The van der Waals surface area contributed by atoms with Crippen molar-refractivity contribution >= 4 is 17.0 Å². The van der Waals surface area contributed by atoms with E-state index < -0.39 is 0 Å². The summed E-state index contributed by atoms with van der Waals surface area (Å²) in [5.41, 5.74) is 9.13. The first kappa shape index (κ1) is 16.4. The van der Waals surface area contributed by atoms with Crippen molar-refractivity contribution in [2.24, 2.45) is 0 Å². The van der Waals surface area contributed by atoms with Gasteiger partial charge in [-0.3, -0.25) is 4.57 Å². The lowest BCUT2D eigenvalue weighted by Crippen LogP contribution is -2.06. The molecule has 0 aliphatic carbocycles. The molecule has 2 aromatic heterocycles. The van der Waals surface area contributed by atoms with Crippen molar-refractivity contribution in [3.05, 3.63) is 47.5 Å². The Kier molecular flexibility index (Phi) is 4.43. The van der Waals surface area contributed by atoms with Crippen molar-refractivity contribution in [3.8, 4) is 12.0 Å². The number of rotatable bonds is 0. The number of imidazole rings is 1. The van der Waals surface area contributed by atoms with E-state index >= 15 is 0 Å². The van der Waals surface area contributed by atoms with E-state index in [0.717, 1.165) is 31.2 Å². The summed E-state index contributed by atoms with van der Waals surface area (Å²) >= 11 is 0. The number of nitrogens with two attached hydrogens (primary N) is 1. The number of allylic oxidation sites excluding steroid dienone is 2. The van der Waals surface area contributed by atoms with Crippen molar-refractivity contribution < 1.29 is 9.84 Å². The predicted molar refractivity (Wildman–Crippen MR) is 99.1 cm³/mol. The van der Waals surface area contributed by atoms with Gasteiger partial charge in [0.15, 0.2) is 17.0 Å². The highest BCUT2D eigenvalue weighted by atomic mass is 16.5. The molecule has 134 valence electrons. The fourth-order valence-electron chi connectivity index (χ4n) is 3.10. The van der Waals surface area contributed by atoms with Crippen molar-refractivity contribution in [1.29, 1.82) is 0 Å². The summed E-state index contributed by atoms with van der Waals surface area (Å²) in [7, 11) is 0. The Bertz CT molecular complexity index is 964. The molecular formula is C19H21N5O2. The maximum absolute atomic E-state index is 10.3. The Morgan fingerprint density at radius 2 is 1.96 bits per heavy atom. The molecule has 7 nitrogen and oxygen atoms in total. The molecule has 0 fully saturated rings. The van der Waals surface area contributed by atoms with Crippen LogP contribution >= 0.6 is 0 Å². The zero-order chi connectivity index (χ0) is 17.9. The Morgan fingerprint density at radius 1 is 1.08 bits per heavy atom. The fraction of sp³-hybridized carbons (Fsp3) is 0.316. The van der Waals surface area contributed by atoms with Crippen molar-refractivity contribution in [3.63, 3.8) is 0 Å². The fourth-order valence-corrected chi connectivity index (χ4v) is 3.10. The molecule has 26 heavy (non-hydrogen) atoms. The van der Waals surface area contributed by atoms with Gasteiger partial charge in [-0.1, -0.05) is 36.4 Å². The average Bonchev–Trinajstić information content (AvgIpc) is 2.93. The number of nitrogens with zero attached hydrogens (tertiary/aromatic N) is 4. The van der Waals surface area contributed by atoms with Gasteiger partial charge >= 0.3 is 6.01 Å². The second-order valence-corrected chi connectivity index (χ2v) is 6.40. The largest absolute Gasteiger partial charge is 0.480 e. The third kappa shape index (κ3) is 3.33. The summed E-state index contributed by atoms with van der Waals surface area (Å²) in [5, 5.41) is 10.3. The number of hydrogen-bond donors (Lipinski definition) is 2.